The molecule has 0 aliphatic rings. The van der Waals surface area contributed by atoms with Crippen LogP contribution < -0.4 is 10.6 Å². The maximum Gasteiger partial charge on any atom is 0.255 e. The number of amides is 1. The van der Waals surface area contributed by atoms with Crippen LogP contribution in [0, 0.1) is 5.92 Å². The highest BCUT2D eigenvalue weighted by molar-refractivity contribution is 9.10. The third kappa shape index (κ3) is 4.71. The molecule has 1 aromatic heterocycles. The van der Waals surface area contributed by atoms with Gasteiger partial charge in [0.15, 0.2) is 0 Å². The van der Waals surface area contributed by atoms with Crippen LogP contribution in [0.4, 0.5) is 11.6 Å². The van der Waals surface area contributed by atoms with Crippen LogP contribution in [0.1, 0.15) is 24.2 Å². The van der Waals surface area contributed by atoms with Crippen LogP contribution in [0.5, 0.6) is 0 Å². The fourth-order valence-electron chi connectivity index (χ4n) is 2.97. The van der Waals surface area contributed by atoms with Crippen molar-refractivity contribution in [2.45, 2.75) is 13.8 Å². The zero-order chi connectivity index (χ0) is 21.8. The molecule has 1 heterocycles. The standard InChI is InChI=1S/C24H25BrN4O/c1-6-7-20(16(4)15(2)3)27-24-28-21-14-17(8-13-22(21)29(24)5)23(30)26-19-11-9-18(25)10-12-19/h6-15H,1,4H2,2-3,5H3,(H,26,30)(H,27,28)/b20-7+. The van der Waals surface area contributed by atoms with Crippen molar-refractivity contribution in [2.24, 2.45) is 13.0 Å². The predicted octanol–water partition coefficient (Wildman–Crippen LogP) is 6.28. The van der Waals surface area contributed by atoms with Crippen LogP contribution in [0.15, 0.2) is 83.5 Å². The van der Waals surface area contributed by atoms with Crippen LogP contribution in [0.2, 0.25) is 0 Å². The van der Waals surface area contributed by atoms with Crippen molar-refractivity contribution in [3.05, 3.63) is 89.1 Å². The van der Waals surface area contributed by atoms with Crippen molar-refractivity contribution in [1.82, 2.24) is 9.55 Å². The lowest BCUT2D eigenvalue weighted by molar-refractivity contribution is 0.102. The first-order chi connectivity index (χ1) is 14.3. The maximum atomic E-state index is 12.7. The van der Waals surface area contributed by atoms with Gasteiger partial charge in [-0.25, -0.2) is 4.98 Å². The summed E-state index contributed by atoms with van der Waals surface area (Å²) in [6.07, 6.45) is 3.61. The first kappa shape index (κ1) is 21.6. The molecule has 3 rings (SSSR count). The summed E-state index contributed by atoms with van der Waals surface area (Å²) in [7, 11) is 1.93. The number of benzene rings is 2. The smallest absolute Gasteiger partial charge is 0.255 e. The van der Waals surface area contributed by atoms with Gasteiger partial charge in [0, 0.05) is 28.5 Å². The van der Waals surface area contributed by atoms with Crippen LogP contribution in [0.3, 0.4) is 0 Å². The second-order valence-electron chi connectivity index (χ2n) is 7.28. The van der Waals surface area contributed by atoms with Gasteiger partial charge in [-0.05, 0) is 60.0 Å². The number of fused-ring (bicyclic) bond motifs is 1. The van der Waals surface area contributed by atoms with Gasteiger partial charge in [-0.1, -0.05) is 49.0 Å². The number of aromatic nitrogens is 2. The highest BCUT2D eigenvalue weighted by Crippen LogP contribution is 2.24. The molecule has 0 spiro atoms. The van der Waals surface area contributed by atoms with E-state index in [-0.39, 0.29) is 11.8 Å². The number of rotatable bonds is 7. The number of imidazole rings is 1. The quantitative estimate of drug-likeness (QED) is 0.404. The molecule has 154 valence electrons. The van der Waals surface area contributed by atoms with Gasteiger partial charge in [0.25, 0.3) is 5.91 Å². The number of halogens is 1. The lowest BCUT2D eigenvalue weighted by Crippen LogP contribution is -2.11. The topological polar surface area (TPSA) is 59.0 Å². The van der Waals surface area contributed by atoms with E-state index in [9.17, 15) is 4.79 Å². The summed E-state index contributed by atoms with van der Waals surface area (Å²) >= 11 is 3.39. The molecule has 0 fully saturated rings. The second kappa shape index (κ2) is 9.13. The molecule has 6 heteroatoms. The zero-order valence-electron chi connectivity index (χ0n) is 17.4. The molecule has 5 nitrogen and oxygen atoms in total. The largest absolute Gasteiger partial charge is 0.325 e. The van der Waals surface area contributed by atoms with Gasteiger partial charge in [-0.15, -0.1) is 0 Å². The van der Waals surface area contributed by atoms with E-state index in [1.807, 2.05) is 48.0 Å². The third-order valence-corrected chi connectivity index (χ3v) is 5.35. The van der Waals surface area contributed by atoms with Crippen molar-refractivity contribution in [1.29, 1.82) is 0 Å². The SMILES string of the molecule is C=C/C=C(/Nc1nc2cc(C(=O)Nc3ccc(Br)cc3)ccc2n1C)C(=C)C(C)C. The maximum absolute atomic E-state index is 12.7. The molecule has 0 radical (unpaired) electrons. The van der Waals surface area contributed by atoms with Gasteiger partial charge in [0.1, 0.15) is 0 Å². The number of carbonyl (C=O) groups is 1. The molecular weight excluding hydrogens is 440 g/mol. The Bertz CT molecular complexity index is 1140. The van der Waals surface area contributed by atoms with E-state index in [4.69, 9.17) is 0 Å². The van der Waals surface area contributed by atoms with Gasteiger partial charge in [0.05, 0.1) is 11.0 Å². The van der Waals surface area contributed by atoms with Gasteiger partial charge in [0.2, 0.25) is 5.95 Å². The lowest BCUT2D eigenvalue weighted by atomic mass is 10.0. The third-order valence-electron chi connectivity index (χ3n) is 4.82. The van der Waals surface area contributed by atoms with Gasteiger partial charge in [-0.2, -0.15) is 0 Å². The Balaban J connectivity index is 1.88. The van der Waals surface area contributed by atoms with Crippen LogP contribution in [0.25, 0.3) is 11.0 Å². The van der Waals surface area contributed by atoms with Gasteiger partial charge in [-0.3, -0.25) is 4.79 Å². The number of hydrogen-bond acceptors (Lipinski definition) is 3. The van der Waals surface area contributed by atoms with Crippen molar-refractivity contribution < 1.29 is 4.79 Å². The second-order valence-corrected chi connectivity index (χ2v) is 8.20. The number of aryl methyl sites for hydroxylation is 1. The number of hydrogen-bond donors (Lipinski definition) is 2. The van der Waals surface area contributed by atoms with E-state index < -0.39 is 0 Å². The number of allylic oxidation sites excluding steroid dienone is 3. The number of carbonyl (C=O) groups excluding carboxylic acids is 1. The number of nitrogens with zero attached hydrogens (tertiary/aromatic N) is 2. The molecule has 0 saturated heterocycles. The van der Waals surface area contributed by atoms with E-state index >= 15 is 0 Å². The van der Waals surface area contributed by atoms with Crippen molar-refractivity contribution >= 4 is 44.5 Å². The van der Waals surface area contributed by atoms with Crippen molar-refractivity contribution in [3.63, 3.8) is 0 Å². The van der Waals surface area contributed by atoms with E-state index in [0.717, 1.165) is 32.5 Å². The Hall–Kier alpha value is -3.12. The first-order valence-corrected chi connectivity index (χ1v) is 10.4. The molecule has 1 amide bonds. The average Bonchev–Trinajstić information content (AvgIpc) is 3.03. The monoisotopic (exact) mass is 464 g/mol. The zero-order valence-corrected chi connectivity index (χ0v) is 19.0. The summed E-state index contributed by atoms with van der Waals surface area (Å²) < 4.78 is 2.91. The number of nitrogens with one attached hydrogen (secondary N) is 2. The first-order valence-electron chi connectivity index (χ1n) is 9.62. The highest BCUT2D eigenvalue weighted by Gasteiger charge is 2.14. The summed E-state index contributed by atoms with van der Waals surface area (Å²) in [6, 6.07) is 13.0. The Morgan fingerprint density at radius 2 is 1.87 bits per heavy atom. The Labute approximate surface area is 185 Å². The molecule has 2 N–H and O–H groups in total. The fourth-order valence-corrected chi connectivity index (χ4v) is 3.23. The van der Waals surface area contributed by atoms with E-state index in [0.29, 0.717) is 11.5 Å². The van der Waals surface area contributed by atoms with Gasteiger partial charge < -0.3 is 15.2 Å². The Kier molecular flexibility index (Phi) is 6.57. The van der Waals surface area contributed by atoms with Crippen LogP contribution >= 0.6 is 15.9 Å². The molecule has 0 unspecified atom stereocenters. The molecule has 0 aliphatic heterocycles. The van der Waals surface area contributed by atoms with Crippen LogP contribution in [-0.2, 0) is 7.05 Å². The van der Waals surface area contributed by atoms with Crippen LogP contribution in [-0.4, -0.2) is 15.5 Å². The number of anilines is 2. The van der Waals surface area contributed by atoms with E-state index in [1.165, 1.54) is 0 Å². The summed E-state index contributed by atoms with van der Waals surface area (Å²) in [5.41, 5.74) is 4.77. The summed E-state index contributed by atoms with van der Waals surface area (Å²) in [5.74, 6) is 0.775. The molecule has 0 saturated carbocycles. The van der Waals surface area contributed by atoms with Crippen molar-refractivity contribution in [3.8, 4) is 0 Å². The highest BCUT2D eigenvalue weighted by atomic mass is 79.9. The van der Waals surface area contributed by atoms with Gasteiger partial charge >= 0.3 is 0 Å². The van der Waals surface area contributed by atoms with E-state index in [1.54, 1.807) is 18.2 Å². The molecule has 0 atom stereocenters. The minimum atomic E-state index is -0.181. The fraction of sp³-hybridized carbons (Fsp3) is 0.167. The molecule has 0 aliphatic carbocycles. The summed E-state index contributed by atoms with van der Waals surface area (Å²) in [6.45, 7) is 12.1. The van der Waals surface area contributed by atoms with E-state index in [2.05, 4.69) is 58.6 Å². The summed E-state index contributed by atoms with van der Waals surface area (Å²) in [5, 5.41) is 6.26. The molecule has 0 bridgehead atoms. The average molecular weight is 465 g/mol. The molecular formula is C24H25BrN4O. The lowest BCUT2D eigenvalue weighted by Gasteiger charge is -2.15. The summed E-state index contributed by atoms with van der Waals surface area (Å²) in [4.78, 5) is 17.3. The minimum Gasteiger partial charge on any atom is -0.325 e. The Morgan fingerprint density at radius 1 is 1.17 bits per heavy atom. The normalized spacial score (nSPS) is 11.6. The molecule has 30 heavy (non-hydrogen) atoms. The minimum absolute atomic E-state index is 0.181. The molecule has 2 aromatic carbocycles. The Morgan fingerprint density at radius 3 is 2.50 bits per heavy atom. The van der Waals surface area contributed by atoms with Crippen molar-refractivity contribution in [2.75, 3.05) is 10.6 Å². The predicted molar refractivity (Wildman–Crippen MR) is 129 cm³/mol. The molecule has 3 aromatic rings.